The molecule has 4 heteroatoms. The summed E-state index contributed by atoms with van der Waals surface area (Å²) >= 11 is 1.66. The van der Waals surface area contributed by atoms with Crippen LogP contribution >= 0.6 is 11.3 Å². The summed E-state index contributed by atoms with van der Waals surface area (Å²) in [4.78, 5) is 17.2. The van der Waals surface area contributed by atoms with Crippen LogP contribution in [-0.4, -0.2) is 31.0 Å². The maximum atomic E-state index is 13.0. The van der Waals surface area contributed by atoms with Gasteiger partial charge in [0.25, 0.3) is 5.91 Å². The molecule has 0 unspecified atom stereocenters. The number of thiophene rings is 1. The van der Waals surface area contributed by atoms with E-state index in [1.54, 1.807) is 18.4 Å². The Hall–Kier alpha value is -1.81. The van der Waals surface area contributed by atoms with E-state index in [-0.39, 0.29) is 5.91 Å². The van der Waals surface area contributed by atoms with Crippen LogP contribution in [0, 0.1) is 5.92 Å². The third kappa shape index (κ3) is 3.32. The number of likely N-dealkylation sites (tertiary alicyclic amines) is 1. The molecule has 1 aromatic carbocycles. The van der Waals surface area contributed by atoms with Crippen molar-refractivity contribution in [1.82, 2.24) is 4.90 Å². The first-order valence-electron chi connectivity index (χ1n) is 9.28. The molecule has 0 atom stereocenters. The highest BCUT2D eigenvalue weighted by Crippen LogP contribution is 2.41. The quantitative estimate of drug-likeness (QED) is 0.816. The third-order valence-electron chi connectivity index (χ3n) is 5.54. The molecule has 2 aromatic rings. The maximum absolute atomic E-state index is 13.0. The van der Waals surface area contributed by atoms with Gasteiger partial charge >= 0.3 is 0 Å². The van der Waals surface area contributed by atoms with Crippen LogP contribution in [-0.2, 0) is 19.3 Å². The second kappa shape index (κ2) is 7.20. The van der Waals surface area contributed by atoms with E-state index in [4.69, 9.17) is 4.74 Å². The van der Waals surface area contributed by atoms with E-state index in [1.807, 2.05) is 4.90 Å². The highest BCUT2D eigenvalue weighted by molar-refractivity contribution is 7.14. The summed E-state index contributed by atoms with van der Waals surface area (Å²) in [6.07, 6.45) is 6.66. The molecule has 0 N–H and O–H groups in total. The molecule has 0 spiro atoms. The lowest BCUT2D eigenvalue weighted by molar-refractivity contribution is 0.0692. The van der Waals surface area contributed by atoms with E-state index in [0.717, 1.165) is 55.8 Å². The molecule has 1 aromatic heterocycles. The molecular formula is C21H25NO2S. The van der Waals surface area contributed by atoms with E-state index >= 15 is 0 Å². The number of aryl methyl sites for hydroxylation is 1. The average molecular weight is 356 g/mol. The Morgan fingerprint density at radius 3 is 2.68 bits per heavy atom. The van der Waals surface area contributed by atoms with Crippen LogP contribution in [0.15, 0.2) is 30.3 Å². The van der Waals surface area contributed by atoms with Crippen LogP contribution in [0.4, 0.5) is 0 Å². The van der Waals surface area contributed by atoms with Gasteiger partial charge in [-0.1, -0.05) is 30.3 Å². The molecule has 1 saturated heterocycles. The van der Waals surface area contributed by atoms with Gasteiger partial charge in [-0.25, -0.2) is 0 Å². The van der Waals surface area contributed by atoms with Crippen molar-refractivity contribution in [2.45, 2.75) is 38.5 Å². The Kier molecular flexibility index (Phi) is 4.80. The lowest BCUT2D eigenvalue weighted by Gasteiger charge is -2.32. The molecule has 132 valence electrons. The van der Waals surface area contributed by atoms with Crippen LogP contribution in [0.1, 0.15) is 44.9 Å². The van der Waals surface area contributed by atoms with Gasteiger partial charge in [-0.15, -0.1) is 11.3 Å². The Labute approximate surface area is 153 Å². The fourth-order valence-corrected chi connectivity index (χ4v) is 5.49. The van der Waals surface area contributed by atoms with Gasteiger partial charge in [0.05, 0.1) is 7.11 Å². The van der Waals surface area contributed by atoms with Gasteiger partial charge in [0.1, 0.15) is 10.6 Å². The minimum Gasteiger partial charge on any atom is -0.495 e. The number of rotatable bonds is 4. The van der Waals surface area contributed by atoms with E-state index in [9.17, 15) is 4.79 Å². The second-order valence-corrected chi connectivity index (χ2v) is 8.25. The van der Waals surface area contributed by atoms with Gasteiger partial charge in [0.15, 0.2) is 0 Å². The topological polar surface area (TPSA) is 29.5 Å². The largest absolute Gasteiger partial charge is 0.495 e. The first-order chi connectivity index (χ1) is 12.3. The fourth-order valence-electron chi connectivity index (χ4n) is 4.16. The highest BCUT2D eigenvalue weighted by atomic mass is 32.1. The fraction of sp³-hybridized carbons (Fsp3) is 0.476. The van der Waals surface area contributed by atoms with Crippen molar-refractivity contribution in [2.24, 2.45) is 5.92 Å². The summed E-state index contributed by atoms with van der Waals surface area (Å²) in [5.74, 6) is 1.71. The molecule has 2 heterocycles. The Morgan fingerprint density at radius 1 is 1.20 bits per heavy atom. The van der Waals surface area contributed by atoms with Crippen LogP contribution in [0.5, 0.6) is 5.75 Å². The van der Waals surface area contributed by atoms with Crippen molar-refractivity contribution < 1.29 is 9.53 Å². The number of fused-ring (bicyclic) bond motifs is 1. The molecule has 1 amide bonds. The number of benzene rings is 1. The van der Waals surface area contributed by atoms with E-state index in [0.29, 0.717) is 5.92 Å². The SMILES string of the molecule is COc1c(C(=O)N2CCC(Cc3ccccc3)CC2)sc2c1CCC2. The summed E-state index contributed by atoms with van der Waals surface area (Å²) in [5.41, 5.74) is 2.69. The van der Waals surface area contributed by atoms with Crippen molar-refractivity contribution in [1.29, 1.82) is 0 Å². The van der Waals surface area contributed by atoms with Crippen molar-refractivity contribution in [2.75, 3.05) is 20.2 Å². The van der Waals surface area contributed by atoms with Crippen molar-refractivity contribution in [3.8, 4) is 5.75 Å². The molecule has 0 radical (unpaired) electrons. The lowest BCUT2D eigenvalue weighted by Crippen LogP contribution is -2.38. The number of hydrogen-bond acceptors (Lipinski definition) is 3. The van der Waals surface area contributed by atoms with Crippen LogP contribution in [0.3, 0.4) is 0 Å². The second-order valence-electron chi connectivity index (χ2n) is 7.15. The monoisotopic (exact) mass is 355 g/mol. The summed E-state index contributed by atoms with van der Waals surface area (Å²) < 4.78 is 5.60. The Bertz CT molecular complexity index is 745. The first-order valence-corrected chi connectivity index (χ1v) is 10.1. The van der Waals surface area contributed by atoms with Crippen LogP contribution in [0.25, 0.3) is 0 Å². The minimum atomic E-state index is 0.175. The summed E-state index contributed by atoms with van der Waals surface area (Å²) in [6.45, 7) is 1.73. The molecule has 3 nitrogen and oxygen atoms in total. The predicted molar refractivity (Wildman–Crippen MR) is 102 cm³/mol. The summed E-state index contributed by atoms with van der Waals surface area (Å²) in [7, 11) is 1.70. The zero-order chi connectivity index (χ0) is 17.2. The minimum absolute atomic E-state index is 0.175. The van der Waals surface area contributed by atoms with E-state index in [2.05, 4.69) is 30.3 Å². The summed E-state index contributed by atoms with van der Waals surface area (Å²) in [5, 5.41) is 0. The van der Waals surface area contributed by atoms with Crippen molar-refractivity contribution in [3.63, 3.8) is 0 Å². The molecule has 0 bridgehead atoms. The van der Waals surface area contributed by atoms with Gasteiger partial charge in [0.2, 0.25) is 0 Å². The number of methoxy groups -OCH3 is 1. The van der Waals surface area contributed by atoms with Crippen molar-refractivity contribution >= 4 is 17.2 Å². The number of carbonyl (C=O) groups excluding carboxylic acids is 1. The molecule has 2 aliphatic rings. The molecular weight excluding hydrogens is 330 g/mol. The zero-order valence-electron chi connectivity index (χ0n) is 14.8. The normalized spacial score (nSPS) is 17.6. The molecule has 1 aliphatic carbocycles. The van der Waals surface area contributed by atoms with Gasteiger partial charge in [-0.2, -0.15) is 0 Å². The number of hydrogen-bond donors (Lipinski definition) is 0. The van der Waals surface area contributed by atoms with Gasteiger partial charge in [0, 0.05) is 23.5 Å². The number of amides is 1. The summed E-state index contributed by atoms with van der Waals surface area (Å²) in [6, 6.07) is 10.7. The Balaban J connectivity index is 1.40. The van der Waals surface area contributed by atoms with E-state index < -0.39 is 0 Å². The standard InChI is InChI=1S/C21H25NO2S/c1-24-19-17-8-5-9-18(17)25-20(19)21(23)22-12-10-16(11-13-22)14-15-6-3-2-4-7-15/h2-4,6-7,16H,5,8-14H2,1H3. The number of piperidine rings is 1. The Morgan fingerprint density at radius 2 is 1.96 bits per heavy atom. The van der Waals surface area contributed by atoms with E-state index in [1.165, 1.54) is 22.4 Å². The zero-order valence-corrected chi connectivity index (χ0v) is 15.6. The van der Waals surface area contributed by atoms with Gasteiger partial charge in [-0.05, 0) is 50.0 Å². The highest BCUT2D eigenvalue weighted by Gasteiger charge is 2.31. The number of carbonyl (C=O) groups is 1. The predicted octanol–water partition coefficient (Wildman–Crippen LogP) is 4.34. The van der Waals surface area contributed by atoms with Crippen molar-refractivity contribution in [3.05, 3.63) is 51.2 Å². The smallest absolute Gasteiger partial charge is 0.267 e. The number of ether oxygens (including phenoxy) is 1. The van der Waals surface area contributed by atoms with Crippen LogP contribution in [0.2, 0.25) is 0 Å². The molecule has 25 heavy (non-hydrogen) atoms. The molecule has 1 fully saturated rings. The number of nitrogens with zero attached hydrogens (tertiary/aromatic N) is 1. The lowest BCUT2D eigenvalue weighted by atomic mass is 9.90. The maximum Gasteiger partial charge on any atom is 0.267 e. The van der Waals surface area contributed by atoms with Crippen LogP contribution < -0.4 is 4.74 Å². The average Bonchev–Trinajstić information content (AvgIpc) is 3.23. The third-order valence-corrected chi connectivity index (χ3v) is 6.80. The first kappa shape index (κ1) is 16.6. The molecule has 4 rings (SSSR count). The van der Waals surface area contributed by atoms with Gasteiger partial charge < -0.3 is 9.64 Å². The molecule has 0 saturated carbocycles. The van der Waals surface area contributed by atoms with Gasteiger partial charge in [-0.3, -0.25) is 4.79 Å². The molecule has 1 aliphatic heterocycles.